The van der Waals surface area contributed by atoms with Crippen molar-refractivity contribution in [3.63, 3.8) is 0 Å². The Hall–Kier alpha value is -1.23. The molecule has 0 aromatic carbocycles. The Morgan fingerprint density at radius 3 is 2.67 bits per heavy atom. The predicted octanol–water partition coefficient (Wildman–Crippen LogP) is 0.763. The maximum Gasteiger partial charge on any atom is 0.108 e. The molecule has 9 heavy (non-hydrogen) atoms. The molecule has 0 aliphatic heterocycles. The molecule has 0 aromatic rings. The molecular weight excluding hydrogens is 112 g/mol. The van der Waals surface area contributed by atoms with Gasteiger partial charge in [0.2, 0.25) is 0 Å². The summed E-state index contributed by atoms with van der Waals surface area (Å²) in [6.45, 7) is 1.79. The highest BCUT2D eigenvalue weighted by atomic mass is 14.8. The predicted molar refractivity (Wildman–Crippen MR) is 39.4 cm³/mol. The summed E-state index contributed by atoms with van der Waals surface area (Å²) in [5, 5.41) is 9.89. The second-order valence-electron chi connectivity index (χ2n) is 1.64. The highest BCUT2D eigenvalue weighted by Crippen LogP contribution is 1.89. The molecule has 0 bridgehead atoms. The third-order valence-electron chi connectivity index (χ3n) is 0.900. The minimum atomic E-state index is 0.226. The van der Waals surface area contributed by atoms with Gasteiger partial charge in [-0.3, -0.25) is 5.41 Å². The molecule has 0 unspecified atom stereocenters. The van der Waals surface area contributed by atoms with Crippen LogP contribution in [0.2, 0.25) is 0 Å². The molecule has 0 saturated heterocycles. The quantitative estimate of drug-likeness (QED) is 0.411. The number of terminal acetylenes is 1. The molecule has 0 saturated carbocycles. The van der Waals surface area contributed by atoms with Crippen molar-refractivity contribution in [1.29, 1.82) is 5.41 Å². The van der Waals surface area contributed by atoms with Crippen LogP contribution in [-0.2, 0) is 0 Å². The van der Waals surface area contributed by atoms with Crippen molar-refractivity contribution in [3.8, 4) is 12.3 Å². The van der Waals surface area contributed by atoms with Crippen molar-refractivity contribution in [3.05, 3.63) is 11.8 Å². The van der Waals surface area contributed by atoms with E-state index in [4.69, 9.17) is 11.8 Å². The van der Waals surface area contributed by atoms with Crippen LogP contribution in [0.15, 0.2) is 11.8 Å². The van der Waals surface area contributed by atoms with Gasteiger partial charge in [-0.2, -0.15) is 0 Å². The third kappa shape index (κ3) is 2.55. The lowest BCUT2D eigenvalue weighted by Gasteiger charge is -1.93. The monoisotopic (exact) mass is 122 g/mol. The minimum absolute atomic E-state index is 0.226. The van der Waals surface area contributed by atoms with Crippen LogP contribution in [0.4, 0.5) is 0 Å². The van der Waals surface area contributed by atoms with E-state index < -0.39 is 0 Å². The van der Waals surface area contributed by atoms with Crippen molar-refractivity contribution in [2.24, 2.45) is 0 Å². The Morgan fingerprint density at radius 1 is 1.78 bits per heavy atom. The summed E-state index contributed by atoms with van der Waals surface area (Å²) in [4.78, 5) is 0. The lowest BCUT2D eigenvalue weighted by molar-refractivity contribution is 1.09. The van der Waals surface area contributed by atoms with Crippen LogP contribution in [0.3, 0.4) is 0 Å². The topological polar surface area (TPSA) is 35.9 Å². The first kappa shape index (κ1) is 7.77. The van der Waals surface area contributed by atoms with Gasteiger partial charge < -0.3 is 5.32 Å². The maximum atomic E-state index is 7.10. The van der Waals surface area contributed by atoms with Crippen LogP contribution in [0.25, 0.3) is 0 Å². The van der Waals surface area contributed by atoms with E-state index in [1.165, 1.54) is 0 Å². The number of nitrogens with one attached hydrogen (secondary N) is 2. The Kier molecular flexibility index (Phi) is 3.22. The summed E-state index contributed by atoms with van der Waals surface area (Å²) in [7, 11) is 1.77. The van der Waals surface area contributed by atoms with Crippen LogP contribution in [-0.4, -0.2) is 12.8 Å². The SMILES string of the molecule is C#CC(=N)/C(C)=C\NC. The van der Waals surface area contributed by atoms with Gasteiger partial charge in [-0.15, -0.1) is 6.42 Å². The van der Waals surface area contributed by atoms with Crippen molar-refractivity contribution in [2.45, 2.75) is 6.92 Å². The Bertz CT molecular complexity index is 172. The minimum Gasteiger partial charge on any atom is -0.394 e. The van der Waals surface area contributed by atoms with Crippen LogP contribution in [0.5, 0.6) is 0 Å². The summed E-state index contributed by atoms with van der Waals surface area (Å²) in [6, 6.07) is 0. The van der Waals surface area contributed by atoms with E-state index in [9.17, 15) is 0 Å². The number of allylic oxidation sites excluding steroid dienone is 1. The van der Waals surface area contributed by atoms with Crippen LogP contribution >= 0.6 is 0 Å². The molecule has 0 radical (unpaired) electrons. The summed E-state index contributed by atoms with van der Waals surface area (Å²) in [5.74, 6) is 2.22. The van der Waals surface area contributed by atoms with E-state index in [0.717, 1.165) is 5.57 Å². The third-order valence-corrected chi connectivity index (χ3v) is 0.900. The molecular formula is C7H10N2. The van der Waals surface area contributed by atoms with Gasteiger partial charge in [0.25, 0.3) is 0 Å². The lowest BCUT2D eigenvalue weighted by atomic mass is 10.2. The van der Waals surface area contributed by atoms with Gasteiger partial charge in [-0.1, -0.05) is 5.92 Å². The number of hydrogen-bond donors (Lipinski definition) is 2. The summed E-state index contributed by atoms with van der Waals surface area (Å²) < 4.78 is 0. The second-order valence-corrected chi connectivity index (χ2v) is 1.64. The molecule has 0 heterocycles. The van der Waals surface area contributed by atoms with Gasteiger partial charge in [-0.25, -0.2) is 0 Å². The first-order valence-electron chi connectivity index (χ1n) is 2.62. The molecule has 0 rings (SSSR count). The van der Waals surface area contributed by atoms with Crippen molar-refractivity contribution in [2.75, 3.05) is 7.05 Å². The second kappa shape index (κ2) is 3.73. The normalized spacial score (nSPS) is 10.1. The summed E-state index contributed by atoms with van der Waals surface area (Å²) >= 11 is 0. The average Bonchev–Trinajstić information content (AvgIpc) is 1.87. The Labute approximate surface area is 55.5 Å². The largest absolute Gasteiger partial charge is 0.394 e. The van der Waals surface area contributed by atoms with Crippen molar-refractivity contribution >= 4 is 5.71 Å². The molecule has 2 heteroatoms. The Balaban J connectivity index is 4.07. The van der Waals surface area contributed by atoms with E-state index in [1.807, 2.05) is 0 Å². The van der Waals surface area contributed by atoms with Crippen LogP contribution < -0.4 is 5.32 Å². The molecule has 2 nitrogen and oxygen atoms in total. The number of hydrogen-bond acceptors (Lipinski definition) is 2. The number of rotatable bonds is 2. The molecule has 0 spiro atoms. The summed E-state index contributed by atoms with van der Waals surface area (Å²) in [5.41, 5.74) is 1.00. The highest BCUT2D eigenvalue weighted by Gasteiger charge is 1.90. The van der Waals surface area contributed by atoms with Crippen LogP contribution in [0, 0.1) is 17.8 Å². The molecule has 0 atom stereocenters. The van der Waals surface area contributed by atoms with Gasteiger partial charge in [0.05, 0.1) is 0 Å². The molecule has 0 fully saturated rings. The molecule has 0 aliphatic carbocycles. The van der Waals surface area contributed by atoms with E-state index in [1.54, 1.807) is 20.2 Å². The lowest BCUT2D eigenvalue weighted by Crippen LogP contribution is -2.00. The van der Waals surface area contributed by atoms with Crippen LogP contribution in [0.1, 0.15) is 6.92 Å². The van der Waals surface area contributed by atoms with Crippen molar-refractivity contribution < 1.29 is 0 Å². The zero-order valence-electron chi connectivity index (χ0n) is 5.65. The fourth-order valence-corrected chi connectivity index (χ4v) is 0.403. The molecule has 48 valence electrons. The smallest absolute Gasteiger partial charge is 0.108 e. The molecule has 0 aromatic heterocycles. The molecule has 0 aliphatic rings. The fraction of sp³-hybridized carbons (Fsp3) is 0.286. The van der Waals surface area contributed by atoms with Gasteiger partial charge in [0.15, 0.2) is 0 Å². The van der Waals surface area contributed by atoms with Gasteiger partial charge in [-0.05, 0) is 12.5 Å². The van der Waals surface area contributed by atoms with Crippen molar-refractivity contribution in [1.82, 2.24) is 5.32 Å². The summed E-state index contributed by atoms with van der Waals surface area (Å²) in [6.07, 6.45) is 6.66. The molecule has 2 N–H and O–H groups in total. The fourth-order valence-electron chi connectivity index (χ4n) is 0.403. The maximum absolute atomic E-state index is 7.10. The van der Waals surface area contributed by atoms with E-state index in [0.29, 0.717) is 0 Å². The first-order chi connectivity index (χ1) is 4.22. The standard InChI is InChI=1S/C7H10N2/c1-4-7(8)6(2)5-9-3/h1,5,8-9H,2-3H3/b6-5-,8-7?. The van der Waals surface area contributed by atoms with Gasteiger partial charge in [0, 0.05) is 13.2 Å². The van der Waals surface area contributed by atoms with Gasteiger partial charge >= 0.3 is 0 Å². The van der Waals surface area contributed by atoms with E-state index in [2.05, 4.69) is 11.2 Å². The molecule has 0 amide bonds. The van der Waals surface area contributed by atoms with E-state index in [-0.39, 0.29) is 5.71 Å². The first-order valence-corrected chi connectivity index (χ1v) is 2.62. The Morgan fingerprint density at radius 2 is 2.33 bits per heavy atom. The zero-order chi connectivity index (χ0) is 7.28. The average molecular weight is 122 g/mol. The zero-order valence-corrected chi connectivity index (χ0v) is 5.65. The van der Waals surface area contributed by atoms with Gasteiger partial charge in [0.1, 0.15) is 5.71 Å². The highest BCUT2D eigenvalue weighted by molar-refractivity contribution is 6.09. The van der Waals surface area contributed by atoms with E-state index >= 15 is 0 Å².